The van der Waals surface area contributed by atoms with Crippen LogP contribution >= 0.6 is 0 Å². The molecule has 0 radical (unpaired) electrons. The summed E-state index contributed by atoms with van der Waals surface area (Å²) in [5, 5.41) is 0. The highest BCUT2D eigenvalue weighted by Crippen LogP contribution is 2.35. The molecule has 0 aliphatic carbocycles. The van der Waals surface area contributed by atoms with Crippen molar-refractivity contribution >= 4 is 17.8 Å². The minimum Gasteiger partial charge on any atom is -0.366 e. The van der Waals surface area contributed by atoms with Crippen molar-refractivity contribution in [1.82, 2.24) is 0 Å². The Kier molecular flexibility index (Phi) is 1.93. The minimum atomic E-state index is -0.372. The van der Waals surface area contributed by atoms with Crippen molar-refractivity contribution in [3.05, 3.63) is 29.3 Å². The molecule has 3 heteroatoms. The first-order valence-electron chi connectivity index (χ1n) is 4.95. The Bertz CT molecular complexity index is 473. The van der Waals surface area contributed by atoms with E-state index < -0.39 is 0 Å². The van der Waals surface area contributed by atoms with E-state index in [2.05, 4.69) is 24.6 Å². The Labute approximate surface area is 89.2 Å². The number of hydrogen-bond donors (Lipinski definition) is 1. The normalized spacial score (nSPS) is 17.1. The predicted molar refractivity (Wildman–Crippen MR) is 59.9 cm³/mol. The quantitative estimate of drug-likeness (QED) is 0.689. The summed E-state index contributed by atoms with van der Waals surface area (Å²) >= 11 is 0. The van der Waals surface area contributed by atoms with Crippen molar-refractivity contribution in [1.29, 1.82) is 0 Å². The monoisotopic (exact) mass is 203 g/mol. The van der Waals surface area contributed by atoms with Crippen LogP contribution in [0, 0.1) is 0 Å². The molecular weight excluding hydrogens is 188 g/mol. The second-order valence-corrected chi connectivity index (χ2v) is 4.56. The van der Waals surface area contributed by atoms with Gasteiger partial charge in [0.2, 0.25) is 11.6 Å². The summed E-state index contributed by atoms with van der Waals surface area (Å²) in [6, 6.07) is 5.60. The number of rotatable bonds is 1. The number of fused-ring (bicyclic) bond motifs is 1. The molecule has 0 fully saturated rings. The van der Waals surface area contributed by atoms with Gasteiger partial charge >= 0.3 is 0 Å². The van der Waals surface area contributed by atoms with Gasteiger partial charge < -0.3 is 5.73 Å². The minimum absolute atomic E-state index is 0.0322. The Morgan fingerprint density at radius 2 is 2.07 bits per heavy atom. The van der Waals surface area contributed by atoms with Gasteiger partial charge in [0.25, 0.3) is 0 Å². The molecule has 0 spiro atoms. The first kappa shape index (κ1) is 9.90. The van der Waals surface area contributed by atoms with Gasteiger partial charge in [-0.1, -0.05) is 0 Å². The van der Waals surface area contributed by atoms with E-state index in [1.165, 1.54) is 0 Å². The van der Waals surface area contributed by atoms with Crippen molar-refractivity contribution in [3.63, 3.8) is 0 Å². The zero-order valence-electron chi connectivity index (χ0n) is 9.24. The lowest BCUT2D eigenvalue weighted by Gasteiger charge is -2.11. The number of benzene rings is 1. The number of amides is 1. The summed E-state index contributed by atoms with van der Waals surface area (Å²) < 4.78 is 2.08. The van der Waals surface area contributed by atoms with Gasteiger partial charge in [-0.15, -0.1) is 0 Å². The molecule has 0 saturated carbocycles. The van der Waals surface area contributed by atoms with Crippen molar-refractivity contribution in [2.75, 3.05) is 7.05 Å². The standard InChI is InChI=1S/C12H14N2O/c1-12(2)7-14(3)10-5-4-8(11(13)15)6-9(10)12/h4-7H,1-3H3,(H-,13,15)/p+1. The van der Waals surface area contributed by atoms with Crippen LogP contribution in [0.15, 0.2) is 18.2 Å². The molecule has 15 heavy (non-hydrogen) atoms. The molecule has 0 saturated heterocycles. The van der Waals surface area contributed by atoms with Crippen molar-refractivity contribution in [3.8, 4) is 0 Å². The molecule has 78 valence electrons. The van der Waals surface area contributed by atoms with Gasteiger partial charge in [0, 0.05) is 17.2 Å². The third-order valence-corrected chi connectivity index (χ3v) is 2.87. The summed E-state index contributed by atoms with van der Waals surface area (Å²) in [6.07, 6.45) is 2.14. The molecule has 0 unspecified atom stereocenters. The van der Waals surface area contributed by atoms with Gasteiger partial charge in [-0.05, 0) is 26.0 Å². The topological polar surface area (TPSA) is 46.1 Å². The third kappa shape index (κ3) is 1.44. The molecule has 1 amide bonds. The van der Waals surface area contributed by atoms with Crippen LogP contribution in [0.2, 0.25) is 0 Å². The van der Waals surface area contributed by atoms with Crippen molar-refractivity contribution < 1.29 is 9.37 Å². The Morgan fingerprint density at radius 3 is 2.67 bits per heavy atom. The number of hydrogen-bond acceptors (Lipinski definition) is 1. The molecule has 1 heterocycles. The highest BCUT2D eigenvalue weighted by Gasteiger charge is 2.35. The summed E-state index contributed by atoms with van der Waals surface area (Å²) in [7, 11) is 2.01. The summed E-state index contributed by atoms with van der Waals surface area (Å²) in [4.78, 5) is 11.1. The fraction of sp³-hybridized carbons (Fsp3) is 0.333. The molecule has 0 bridgehead atoms. The van der Waals surface area contributed by atoms with E-state index in [1.807, 2.05) is 19.2 Å². The fourth-order valence-electron chi connectivity index (χ4n) is 2.14. The van der Waals surface area contributed by atoms with Gasteiger partial charge in [0.1, 0.15) is 7.05 Å². The maximum Gasteiger partial charge on any atom is 0.248 e. The van der Waals surface area contributed by atoms with Crippen LogP contribution in [0.1, 0.15) is 29.8 Å². The first-order valence-corrected chi connectivity index (χ1v) is 4.95. The van der Waals surface area contributed by atoms with Crippen molar-refractivity contribution in [2.45, 2.75) is 19.3 Å². The van der Waals surface area contributed by atoms with E-state index >= 15 is 0 Å². The van der Waals surface area contributed by atoms with Crippen LogP contribution in [0.5, 0.6) is 0 Å². The first-order chi connectivity index (χ1) is 6.92. The predicted octanol–water partition coefficient (Wildman–Crippen LogP) is 1.42. The van der Waals surface area contributed by atoms with Crippen LogP contribution in [-0.2, 0) is 5.41 Å². The van der Waals surface area contributed by atoms with Crippen LogP contribution in [0.25, 0.3) is 0 Å². The van der Waals surface area contributed by atoms with Crippen LogP contribution in [-0.4, -0.2) is 23.7 Å². The number of nitrogens with two attached hydrogens (primary N) is 1. The molecule has 3 nitrogen and oxygen atoms in total. The van der Waals surface area contributed by atoms with Gasteiger partial charge in [-0.3, -0.25) is 4.79 Å². The highest BCUT2D eigenvalue weighted by molar-refractivity contribution is 5.94. The van der Waals surface area contributed by atoms with Crippen molar-refractivity contribution in [2.24, 2.45) is 5.73 Å². The molecule has 0 atom stereocenters. The lowest BCUT2D eigenvalue weighted by atomic mass is 9.86. The summed E-state index contributed by atoms with van der Waals surface area (Å²) in [6.45, 7) is 4.25. The second kappa shape index (κ2) is 2.92. The largest absolute Gasteiger partial charge is 0.366 e. The fourth-order valence-corrected chi connectivity index (χ4v) is 2.14. The Hall–Kier alpha value is -1.64. The number of nitrogens with zero attached hydrogens (tertiary/aromatic N) is 1. The molecule has 1 aromatic rings. The zero-order valence-corrected chi connectivity index (χ0v) is 9.24. The van der Waals surface area contributed by atoms with Crippen LogP contribution in [0.4, 0.5) is 5.69 Å². The smallest absolute Gasteiger partial charge is 0.248 e. The molecule has 1 aliphatic rings. The Balaban J connectivity index is 2.62. The third-order valence-electron chi connectivity index (χ3n) is 2.87. The number of carbonyl (C=O) groups excluding carboxylic acids is 1. The van der Waals surface area contributed by atoms with Gasteiger partial charge in [0.05, 0.1) is 5.41 Å². The van der Waals surface area contributed by atoms with E-state index in [0.29, 0.717) is 5.56 Å². The van der Waals surface area contributed by atoms with Gasteiger partial charge in [-0.25, -0.2) is 4.58 Å². The summed E-state index contributed by atoms with van der Waals surface area (Å²) in [5.41, 5.74) is 8.11. The summed E-state index contributed by atoms with van der Waals surface area (Å²) in [5.74, 6) is -0.372. The molecule has 0 aromatic heterocycles. The average Bonchev–Trinajstić information content (AvgIpc) is 2.37. The van der Waals surface area contributed by atoms with Crippen LogP contribution < -0.4 is 5.73 Å². The van der Waals surface area contributed by atoms with E-state index in [-0.39, 0.29) is 11.3 Å². The number of carbonyl (C=O) groups is 1. The van der Waals surface area contributed by atoms with E-state index in [9.17, 15) is 4.79 Å². The van der Waals surface area contributed by atoms with E-state index in [1.54, 1.807) is 6.07 Å². The average molecular weight is 203 g/mol. The molecule has 2 N–H and O–H groups in total. The SMILES string of the molecule is C[N+]1=CC(C)(C)c2cc(C(N)=O)ccc21. The van der Waals surface area contributed by atoms with E-state index in [0.717, 1.165) is 11.3 Å². The lowest BCUT2D eigenvalue weighted by Crippen LogP contribution is -2.17. The van der Waals surface area contributed by atoms with Gasteiger partial charge in [-0.2, -0.15) is 0 Å². The maximum atomic E-state index is 11.1. The molecule has 1 aromatic carbocycles. The molecule has 1 aliphatic heterocycles. The second-order valence-electron chi connectivity index (χ2n) is 4.56. The maximum absolute atomic E-state index is 11.1. The number of primary amides is 1. The van der Waals surface area contributed by atoms with Gasteiger partial charge in [0.15, 0.2) is 6.21 Å². The zero-order chi connectivity index (χ0) is 11.2. The highest BCUT2D eigenvalue weighted by atomic mass is 16.1. The molecule has 2 rings (SSSR count). The lowest BCUT2D eigenvalue weighted by molar-refractivity contribution is -0.397. The van der Waals surface area contributed by atoms with Crippen LogP contribution in [0.3, 0.4) is 0 Å². The molecular formula is C12H15N2O+. The van der Waals surface area contributed by atoms with E-state index in [4.69, 9.17) is 5.73 Å². The Morgan fingerprint density at radius 1 is 1.40 bits per heavy atom.